The molecule has 6 nitrogen and oxygen atoms in total. The molecule has 0 aliphatic rings. The van der Waals surface area contributed by atoms with Crippen LogP contribution in [0.5, 0.6) is 0 Å². The van der Waals surface area contributed by atoms with E-state index in [4.69, 9.17) is 10.2 Å². The first-order chi connectivity index (χ1) is 8.11. The number of fused-ring (bicyclic) bond motifs is 1. The number of amides is 1. The minimum atomic E-state index is -0.400. The molecule has 0 aliphatic heterocycles. The minimum Gasteiger partial charge on any atom is -0.408 e. The van der Waals surface area contributed by atoms with Crippen LogP contribution in [-0.4, -0.2) is 17.0 Å². The summed E-state index contributed by atoms with van der Waals surface area (Å²) >= 11 is 0. The van der Waals surface area contributed by atoms with Crippen molar-refractivity contribution in [3.8, 4) is 0 Å². The Kier molecular flexibility index (Phi) is 2.97. The van der Waals surface area contributed by atoms with Crippen molar-refractivity contribution < 1.29 is 9.21 Å². The van der Waals surface area contributed by atoms with Crippen LogP contribution in [0.15, 0.2) is 27.4 Å². The fraction of sp³-hybridized carbons (Fsp3) is 0.273. The Labute approximate surface area is 97.0 Å². The molecule has 0 fully saturated rings. The van der Waals surface area contributed by atoms with Crippen LogP contribution in [0.2, 0.25) is 0 Å². The molecule has 0 atom stereocenters. The van der Waals surface area contributed by atoms with E-state index in [9.17, 15) is 9.59 Å². The third-order valence-electron chi connectivity index (χ3n) is 2.53. The summed E-state index contributed by atoms with van der Waals surface area (Å²) in [4.78, 5) is 22.3. The first kappa shape index (κ1) is 11.4. The number of hydrogen-bond acceptors (Lipinski definition) is 4. The molecule has 2 aromatic rings. The van der Waals surface area contributed by atoms with Gasteiger partial charge >= 0.3 is 5.76 Å². The van der Waals surface area contributed by atoms with E-state index in [0.29, 0.717) is 17.6 Å². The van der Waals surface area contributed by atoms with Crippen LogP contribution in [0, 0.1) is 0 Å². The maximum atomic E-state index is 11.3. The van der Waals surface area contributed by atoms with E-state index < -0.39 is 5.76 Å². The average Bonchev–Trinajstić information content (AvgIpc) is 2.62. The Morgan fingerprint density at radius 1 is 1.53 bits per heavy atom. The molecule has 1 aromatic carbocycles. The Balaban J connectivity index is 2.28. The van der Waals surface area contributed by atoms with Gasteiger partial charge in [0.05, 0.1) is 12.1 Å². The van der Waals surface area contributed by atoms with Gasteiger partial charge in [-0.2, -0.15) is 0 Å². The second kappa shape index (κ2) is 4.42. The van der Waals surface area contributed by atoms with Crippen molar-refractivity contribution >= 4 is 17.0 Å². The standard InChI is InChI=1S/C11H13N3O3/c1-14-8-4-7(6-13-10(15)5-12)2-3-9(8)17-11(14)16/h2-4H,5-6,12H2,1H3,(H,13,15). The molecule has 0 aliphatic carbocycles. The zero-order chi connectivity index (χ0) is 12.4. The number of hydrogen-bond donors (Lipinski definition) is 2. The second-order valence-electron chi connectivity index (χ2n) is 3.71. The molecule has 0 radical (unpaired) electrons. The van der Waals surface area contributed by atoms with E-state index in [-0.39, 0.29) is 12.5 Å². The molecule has 0 bridgehead atoms. The summed E-state index contributed by atoms with van der Waals surface area (Å²) in [7, 11) is 1.64. The summed E-state index contributed by atoms with van der Waals surface area (Å²) in [5, 5.41) is 2.66. The molecular weight excluding hydrogens is 222 g/mol. The monoisotopic (exact) mass is 235 g/mol. The van der Waals surface area contributed by atoms with Crippen molar-refractivity contribution in [3.05, 3.63) is 34.3 Å². The quantitative estimate of drug-likeness (QED) is 0.764. The van der Waals surface area contributed by atoms with Gasteiger partial charge in [-0.25, -0.2) is 4.79 Å². The van der Waals surface area contributed by atoms with Gasteiger partial charge in [-0.15, -0.1) is 0 Å². The zero-order valence-corrected chi connectivity index (χ0v) is 9.40. The number of carbonyl (C=O) groups excluding carboxylic acids is 1. The summed E-state index contributed by atoms with van der Waals surface area (Å²) in [5.74, 6) is -0.616. The van der Waals surface area contributed by atoms with E-state index in [1.54, 1.807) is 25.2 Å². The summed E-state index contributed by atoms with van der Waals surface area (Å²) in [6, 6.07) is 5.31. The van der Waals surface area contributed by atoms with E-state index in [1.165, 1.54) is 4.57 Å². The Morgan fingerprint density at radius 2 is 2.29 bits per heavy atom. The molecule has 3 N–H and O–H groups in total. The average molecular weight is 235 g/mol. The molecule has 1 heterocycles. The molecule has 90 valence electrons. The van der Waals surface area contributed by atoms with Crippen LogP contribution in [-0.2, 0) is 18.4 Å². The Morgan fingerprint density at radius 3 is 3.00 bits per heavy atom. The van der Waals surface area contributed by atoms with Gasteiger partial charge in [0, 0.05) is 13.6 Å². The lowest BCUT2D eigenvalue weighted by atomic mass is 10.2. The summed E-state index contributed by atoms with van der Waals surface area (Å²) < 4.78 is 6.42. The highest BCUT2D eigenvalue weighted by atomic mass is 16.4. The molecular formula is C11H13N3O3. The molecule has 0 unspecified atom stereocenters. The van der Waals surface area contributed by atoms with Crippen LogP contribution in [0.3, 0.4) is 0 Å². The van der Waals surface area contributed by atoms with E-state index in [0.717, 1.165) is 5.56 Å². The van der Waals surface area contributed by atoms with Gasteiger partial charge in [0.15, 0.2) is 5.58 Å². The second-order valence-corrected chi connectivity index (χ2v) is 3.71. The van der Waals surface area contributed by atoms with E-state index in [1.807, 2.05) is 0 Å². The van der Waals surface area contributed by atoms with Crippen molar-refractivity contribution in [2.75, 3.05) is 6.54 Å². The van der Waals surface area contributed by atoms with E-state index in [2.05, 4.69) is 5.32 Å². The van der Waals surface area contributed by atoms with Crippen molar-refractivity contribution in [2.24, 2.45) is 12.8 Å². The highest BCUT2D eigenvalue weighted by Crippen LogP contribution is 2.13. The van der Waals surface area contributed by atoms with Gasteiger partial charge in [0.1, 0.15) is 0 Å². The van der Waals surface area contributed by atoms with Crippen molar-refractivity contribution in [1.82, 2.24) is 9.88 Å². The number of aryl methyl sites for hydroxylation is 1. The highest BCUT2D eigenvalue weighted by Gasteiger charge is 2.06. The molecule has 0 saturated heterocycles. The van der Waals surface area contributed by atoms with Gasteiger partial charge in [-0.05, 0) is 17.7 Å². The molecule has 6 heteroatoms. The number of oxazole rings is 1. The van der Waals surface area contributed by atoms with Crippen LogP contribution in [0.1, 0.15) is 5.56 Å². The van der Waals surface area contributed by atoms with Crippen molar-refractivity contribution in [1.29, 1.82) is 0 Å². The fourth-order valence-corrected chi connectivity index (χ4v) is 1.56. The molecule has 2 rings (SSSR count). The number of carbonyl (C=O) groups is 1. The molecule has 1 amide bonds. The number of nitrogens with two attached hydrogens (primary N) is 1. The third-order valence-corrected chi connectivity index (χ3v) is 2.53. The predicted octanol–water partition coefficient (Wildman–Crippen LogP) is -0.294. The largest absolute Gasteiger partial charge is 0.419 e. The van der Waals surface area contributed by atoms with Gasteiger partial charge < -0.3 is 15.5 Å². The summed E-state index contributed by atoms with van der Waals surface area (Å²) in [6.07, 6.45) is 0. The number of nitrogens with one attached hydrogen (secondary N) is 1. The summed E-state index contributed by atoms with van der Waals surface area (Å²) in [5.41, 5.74) is 7.30. The number of nitrogens with zero attached hydrogens (tertiary/aromatic N) is 1. The van der Waals surface area contributed by atoms with Crippen LogP contribution < -0.4 is 16.8 Å². The van der Waals surface area contributed by atoms with Gasteiger partial charge in [0.2, 0.25) is 5.91 Å². The maximum Gasteiger partial charge on any atom is 0.419 e. The van der Waals surface area contributed by atoms with Crippen LogP contribution in [0.4, 0.5) is 0 Å². The predicted molar refractivity (Wildman–Crippen MR) is 62.4 cm³/mol. The first-order valence-electron chi connectivity index (χ1n) is 5.17. The number of aromatic nitrogens is 1. The zero-order valence-electron chi connectivity index (χ0n) is 9.40. The van der Waals surface area contributed by atoms with Gasteiger partial charge in [0.25, 0.3) is 0 Å². The Bertz CT molecular complexity index is 612. The van der Waals surface area contributed by atoms with Crippen molar-refractivity contribution in [2.45, 2.75) is 6.54 Å². The van der Waals surface area contributed by atoms with Crippen LogP contribution >= 0.6 is 0 Å². The number of benzene rings is 1. The van der Waals surface area contributed by atoms with E-state index >= 15 is 0 Å². The van der Waals surface area contributed by atoms with Gasteiger partial charge in [-0.1, -0.05) is 6.07 Å². The topological polar surface area (TPSA) is 90.3 Å². The lowest BCUT2D eigenvalue weighted by molar-refractivity contribution is -0.119. The molecule has 17 heavy (non-hydrogen) atoms. The maximum absolute atomic E-state index is 11.3. The first-order valence-corrected chi connectivity index (χ1v) is 5.17. The summed E-state index contributed by atoms with van der Waals surface area (Å²) in [6.45, 7) is 0.345. The lowest BCUT2D eigenvalue weighted by Crippen LogP contribution is -2.29. The SMILES string of the molecule is Cn1c(=O)oc2ccc(CNC(=O)CN)cc21. The fourth-order valence-electron chi connectivity index (χ4n) is 1.56. The smallest absolute Gasteiger partial charge is 0.408 e. The third kappa shape index (κ3) is 2.21. The van der Waals surface area contributed by atoms with Gasteiger partial charge in [-0.3, -0.25) is 9.36 Å². The molecule has 1 aromatic heterocycles. The molecule has 0 saturated carbocycles. The Hall–Kier alpha value is -2.08. The molecule has 0 spiro atoms. The van der Waals surface area contributed by atoms with Crippen molar-refractivity contribution in [3.63, 3.8) is 0 Å². The van der Waals surface area contributed by atoms with Crippen LogP contribution in [0.25, 0.3) is 11.1 Å². The minimum absolute atomic E-state index is 0.0353. The normalized spacial score (nSPS) is 10.7. The highest BCUT2D eigenvalue weighted by molar-refractivity contribution is 5.78. The lowest BCUT2D eigenvalue weighted by Gasteiger charge is -2.03. The number of rotatable bonds is 3.